The lowest BCUT2D eigenvalue weighted by molar-refractivity contribution is -0.126. The number of imide groups is 1. The van der Waals surface area contributed by atoms with Gasteiger partial charge in [-0.25, -0.2) is 9.79 Å². The number of amides is 3. The molecular weight excluding hydrogens is 294 g/mol. The van der Waals surface area contributed by atoms with Crippen molar-refractivity contribution in [1.29, 1.82) is 0 Å². The quantitative estimate of drug-likeness (QED) is 0.827. The molecule has 2 saturated heterocycles. The summed E-state index contributed by atoms with van der Waals surface area (Å²) in [4.78, 5) is 34.3. The Bertz CT molecular complexity index is 724. The molecule has 3 aliphatic heterocycles. The van der Waals surface area contributed by atoms with Crippen molar-refractivity contribution in [3.63, 3.8) is 0 Å². The van der Waals surface area contributed by atoms with Crippen LogP contribution in [0.4, 0.5) is 10.5 Å². The van der Waals surface area contributed by atoms with E-state index in [1.165, 1.54) is 16.0 Å². The minimum atomic E-state index is -0.444. The number of fused-ring (bicyclic) bond motifs is 3. The van der Waals surface area contributed by atoms with Crippen molar-refractivity contribution in [2.75, 3.05) is 25.0 Å². The van der Waals surface area contributed by atoms with Crippen LogP contribution in [0.25, 0.3) is 0 Å². The number of urea groups is 1. The van der Waals surface area contributed by atoms with Gasteiger partial charge in [0, 0.05) is 25.8 Å². The number of likely N-dealkylation sites (N-methyl/N-ethyl adjacent to an activating group) is 1. The van der Waals surface area contributed by atoms with Crippen LogP contribution < -0.4 is 10.2 Å². The van der Waals surface area contributed by atoms with Crippen molar-refractivity contribution in [3.05, 3.63) is 29.3 Å². The fourth-order valence-corrected chi connectivity index (χ4v) is 3.63. The Morgan fingerprint density at radius 2 is 1.83 bits per heavy atom. The van der Waals surface area contributed by atoms with Crippen molar-refractivity contribution in [2.45, 2.75) is 26.1 Å². The molecule has 0 spiro atoms. The normalized spacial score (nSPS) is 26.2. The zero-order chi connectivity index (χ0) is 16.3. The van der Waals surface area contributed by atoms with Crippen LogP contribution in [-0.4, -0.2) is 60.0 Å². The SMILES string of the molecule is Cc1cc(C)cc(N2CCN3C2=NC2C3C(=O)NC(=O)N2C)c1. The molecule has 0 saturated carbocycles. The zero-order valence-electron chi connectivity index (χ0n) is 13.4. The Labute approximate surface area is 134 Å². The average Bonchev–Trinajstić information content (AvgIpc) is 3.02. The smallest absolute Gasteiger partial charge is 0.325 e. The zero-order valence-corrected chi connectivity index (χ0v) is 13.4. The number of hydrogen-bond donors (Lipinski definition) is 1. The molecule has 0 aliphatic carbocycles. The Morgan fingerprint density at radius 1 is 1.13 bits per heavy atom. The summed E-state index contributed by atoms with van der Waals surface area (Å²) in [7, 11) is 1.67. The van der Waals surface area contributed by atoms with Crippen LogP contribution in [0.1, 0.15) is 11.1 Å². The molecule has 0 aromatic heterocycles. The summed E-state index contributed by atoms with van der Waals surface area (Å²) in [5, 5.41) is 2.40. The molecule has 2 fully saturated rings. The molecule has 1 aromatic rings. The van der Waals surface area contributed by atoms with Crippen LogP contribution >= 0.6 is 0 Å². The molecule has 0 radical (unpaired) electrons. The number of carbonyl (C=O) groups excluding carboxylic acids is 2. The van der Waals surface area contributed by atoms with Crippen molar-refractivity contribution >= 4 is 23.6 Å². The monoisotopic (exact) mass is 313 g/mol. The van der Waals surface area contributed by atoms with Crippen molar-refractivity contribution in [2.24, 2.45) is 4.99 Å². The van der Waals surface area contributed by atoms with Crippen LogP contribution in [0.15, 0.2) is 23.2 Å². The fourth-order valence-electron chi connectivity index (χ4n) is 3.63. The second-order valence-corrected chi connectivity index (χ2v) is 6.38. The topological polar surface area (TPSA) is 68.2 Å². The molecule has 3 amide bonds. The summed E-state index contributed by atoms with van der Waals surface area (Å²) in [6.07, 6.45) is -0.444. The van der Waals surface area contributed by atoms with Crippen LogP contribution in [0, 0.1) is 13.8 Å². The third kappa shape index (κ3) is 1.99. The number of guanidine groups is 1. The van der Waals surface area contributed by atoms with Gasteiger partial charge < -0.3 is 14.7 Å². The summed E-state index contributed by atoms with van der Waals surface area (Å²) < 4.78 is 0. The van der Waals surface area contributed by atoms with Gasteiger partial charge >= 0.3 is 6.03 Å². The Hall–Kier alpha value is -2.57. The third-order valence-corrected chi connectivity index (χ3v) is 4.66. The van der Waals surface area contributed by atoms with Crippen LogP contribution in [-0.2, 0) is 4.79 Å². The maximum absolute atomic E-state index is 12.2. The summed E-state index contributed by atoms with van der Waals surface area (Å²) in [6.45, 7) is 5.65. The van der Waals surface area contributed by atoms with E-state index >= 15 is 0 Å². The maximum Gasteiger partial charge on any atom is 0.325 e. The standard InChI is InChI=1S/C16H19N5O2/c1-9-6-10(2)8-11(7-9)20-4-5-21-12-13(17-15(20)21)19(3)16(23)18-14(12)22/h6-8,12-13H,4-5H2,1-3H3,(H,18,22,23). The van der Waals surface area contributed by atoms with Gasteiger partial charge in [-0.1, -0.05) is 6.07 Å². The first-order valence-corrected chi connectivity index (χ1v) is 7.73. The Balaban J connectivity index is 1.72. The third-order valence-electron chi connectivity index (χ3n) is 4.66. The summed E-state index contributed by atoms with van der Waals surface area (Å²) in [6, 6.07) is 5.56. The van der Waals surface area contributed by atoms with Gasteiger partial charge in [0.2, 0.25) is 5.96 Å². The molecule has 4 rings (SSSR count). The molecule has 120 valence electrons. The number of nitrogens with one attached hydrogen (secondary N) is 1. The van der Waals surface area contributed by atoms with E-state index in [9.17, 15) is 9.59 Å². The highest BCUT2D eigenvalue weighted by molar-refractivity contribution is 6.07. The first-order chi connectivity index (χ1) is 11.0. The van der Waals surface area contributed by atoms with Gasteiger partial charge in [0.05, 0.1) is 0 Å². The lowest BCUT2D eigenvalue weighted by atomic mass is 10.1. The van der Waals surface area contributed by atoms with E-state index in [1.54, 1.807) is 7.05 Å². The van der Waals surface area contributed by atoms with Crippen molar-refractivity contribution < 1.29 is 9.59 Å². The van der Waals surface area contributed by atoms with Gasteiger partial charge in [-0.2, -0.15) is 0 Å². The summed E-state index contributed by atoms with van der Waals surface area (Å²) >= 11 is 0. The molecule has 2 atom stereocenters. The number of rotatable bonds is 1. The first-order valence-electron chi connectivity index (χ1n) is 7.73. The molecule has 7 heteroatoms. The number of benzene rings is 1. The fraction of sp³-hybridized carbons (Fsp3) is 0.438. The molecule has 2 unspecified atom stereocenters. The van der Waals surface area contributed by atoms with Crippen LogP contribution in [0.3, 0.4) is 0 Å². The summed E-state index contributed by atoms with van der Waals surface area (Å²) in [5.41, 5.74) is 3.47. The molecule has 23 heavy (non-hydrogen) atoms. The predicted octanol–water partition coefficient (Wildman–Crippen LogP) is 0.671. The second-order valence-electron chi connectivity index (χ2n) is 6.38. The Kier molecular flexibility index (Phi) is 2.88. The van der Waals surface area contributed by atoms with Crippen LogP contribution in [0.5, 0.6) is 0 Å². The van der Waals surface area contributed by atoms with Crippen molar-refractivity contribution in [3.8, 4) is 0 Å². The number of aliphatic imine (C=N–C) groups is 1. The Morgan fingerprint density at radius 3 is 2.52 bits per heavy atom. The van der Waals surface area contributed by atoms with Gasteiger partial charge in [0.15, 0.2) is 12.2 Å². The van der Waals surface area contributed by atoms with Crippen LogP contribution in [0.2, 0.25) is 0 Å². The largest absolute Gasteiger partial charge is 0.325 e. The second kappa shape index (κ2) is 4.71. The predicted molar refractivity (Wildman–Crippen MR) is 86.3 cm³/mol. The minimum absolute atomic E-state index is 0.265. The number of aryl methyl sites for hydroxylation is 2. The van der Waals surface area contributed by atoms with Gasteiger partial charge in [-0.15, -0.1) is 0 Å². The average molecular weight is 313 g/mol. The van der Waals surface area contributed by atoms with E-state index in [-0.39, 0.29) is 11.9 Å². The highest BCUT2D eigenvalue weighted by Crippen LogP contribution is 2.31. The molecule has 3 aliphatic rings. The summed E-state index contributed by atoms with van der Waals surface area (Å²) in [5.74, 6) is 0.515. The molecule has 3 heterocycles. The number of anilines is 1. The van der Waals surface area contributed by atoms with E-state index in [0.717, 1.165) is 24.7 Å². The maximum atomic E-state index is 12.2. The van der Waals surface area contributed by atoms with Gasteiger partial charge in [0.25, 0.3) is 5.91 Å². The van der Waals surface area contributed by atoms with E-state index in [2.05, 4.69) is 47.3 Å². The molecule has 1 N–H and O–H groups in total. The highest BCUT2D eigenvalue weighted by atomic mass is 16.2. The van der Waals surface area contributed by atoms with E-state index in [0.29, 0.717) is 0 Å². The van der Waals surface area contributed by atoms with E-state index in [1.807, 2.05) is 4.90 Å². The number of nitrogens with zero attached hydrogens (tertiary/aromatic N) is 4. The van der Waals surface area contributed by atoms with Gasteiger partial charge in [-0.05, 0) is 37.1 Å². The lowest BCUT2D eigenvalue weighted by Crippen LogP contribution is -2.63. The van der Waals surface area contributed by atoms with E-state index < -0.39 is 12.2 Å². The molecule has 7 nitrogen and oxygen atoms in total. The number of hydrogen-bond acceptors (Lipinski definition) is 5. The first kappa shape index (κ1) is 14.0. The van der Waals surface area contributed by atoms with E-state index in [4.69, 9.17) is 0 Å². The molecule has 1 aromatic carbocycles. The van der Waals surface area contributed by atoms with Gasteiger partial charge in [-0.3, -0.25) is 10.1 Å². The lowest BCUT2D eigenvalue weighted by Gasteiger charge is -2.34. The van der Waals surface area contributed by atoms with Crippen molar-refractivity contribution in [1.82, 2.24) is 15.1 Å². The highest BCUT2D eigenvalue weighted by Gasteiger charge is 2.51. The minimum Gasteiger partial charge on any atom is -0.325 e. The molecule has 0 bridgehead atoms. The van der Waals surface area contributed by atoms with Gasteiger partial charge in [0.1, 0.15) is 0 Å². The number of carbonyl (C=O) groups is 2. The molecular formula is C16H19N5O2.